The monoisotopic (exact) mass is 317 g/mol. The third-order valence-corrected chi connectivity index (χ3v) is 4.08. The molecule has 3 rings (SSSR count). The Kier molecular flexibility index (Phi) is 4.10. The van der Waals surface area contributed by atoms with E-state index in [1.165, 1.54) is 18.4 Å². The van der Waals surface area contributed by atoms with Crippen molar-refractivity contribution in [3.05, 3.63) is 47.5 Å². The predicted octanol–water partition coefficient (Wildman–Crippen LogP) is 2.19. The van der Waals surface area contributed by atoms with E-state index in [4.69, 9.17) is 0 Å². The van der Waals surface area contributed by atoms with Gasteiger partial charge in [0.05, 0.1) is 6.04 Å². The summed E-state index contributed by atoms with van der Waals surface area (Å²) in [6, 6.07) is 5.84. The van der Waals surface area contributed by atoms with Gasteiger partial charge in [0.1, 0.15) is 12.1 Å². The van der Waals surface area contributed by atoms with Crippen LogP contribution in [0.15, 0.2) is 35.1 Å². The molecule has 2 N–H and O–H groups in total. The highest BCUT2D eigenvalue weighted by atomic mass is 19.1. The lowest BCUT2D eigenvalue weighted by Crippen LogP contribution is -2.41. The van der Waals surface area contributed by atoms with Crippen LogP contribution in [0.3, 0.4) is 0 Å². The average Bonchev–Trinajstić information content (AvgIpc) is 3.03. The van der Waals surface area contributed by atoms with Gasteiger partial charge in [0.2, 0.25) is 0 Å². The zero-order valence-corrected chi connectivity index (χ0v) is 12.5. The van der Waals surface area contributed by atoms with Crippen molar-refractivity contribution in [3.63, 3.8) is 0 Å². The highest BCUT2D eigenvalue weighted by Gasteiger charge is 2.31. The average molecular weight is 317 g/mol. The fraction of sp³-hybridized carbons (Fsp3) is 0.312. The van der Waals surface area contributed by atoms with Crippen molar-refractivity contribution >= 4 is 17.6 Å². The quantitative estimate of drug-likeness (QED) is 0.832. The molecule has 6 nitrogen and oxygen atoms in total. The number of anilines is 1. The minimum atomic E-state index is -0.838. The molecular weight excluding hydrogens is 301 g/mol. The summed E-state index contributed by atoms with van der Waals surface area (Å²) in [6.45, 7) is 1.97. The first-order valence-electron chi connectivity index (χ1n) is 7.35. The number of hydrogen-bond acceptors (Lipinski definition) is 4. The molecule has 2 unspecified atom stereocenters. The van der Waals surface area contributed by atoms with Crippen molar-refractivity contribution in [2.24, 2.45) is 5.92 Å². The number of carbonyl (C=O) groups is 2. The molecule has 0 aliphatic heterocycles. The van der Waals surface area contributed by atoms with Crippen molar-refractivity contribution in [3.8, 4) is 0 Å². The maximum atomic E-state index is 13.9. The topological polar surface area (TPSA) is 84.2 Å². The van der Waals surface area contributed by atoms with Crippen LogP contribution in [0.2, 0.25) is 0 Å². The molecule has 0 bridgehead atoms. The molecule has 1 aliphatic carbocycles. The highest BCUT2D eigenvalue weighted by Crippen LogP contribution is 2.35. The van der Waals surface area contributed by atoms with Gasteiger partial charge in [0.25, 0.3) is 0 Å². The van der Waals surface area contributed by atoms with Gasteiger partial charge in [-0.3, -0.25) is 14.9 Å². The fourth-order valence-corrected chi connectivity index (χ4v) is 2.85. The minimum absolute atomic E-state index is 0.105. The van der Waals surface area contributed by atoms with Gasteiger partial charge < -0.3 is 9.84 Å². The first-order valence-corrected chi connectivity index (χ1v) is 7.35. The van der Waals surface area contributed by atoms with Gasteiger partial charge in [-0.05, 0) is 36.0 Å². The number of nitrogens with one attached hydrogen (secondary N) is 2. The van der Waals surface area contributed by atoms with E-state index in [9.17, 15) is 14.0 Å². The smallest absolute Gasteiger partial charge is 0.314 e. The summed E-state index contributed by atoms with van der Waals surface area (Å²) < 4.78 is 18.5. The van der Waals surface area contributed by atoms with Crippen molar-refractivity contribution < 1.29 is 18.5 Å². The second-order valence-electron chi connectivity index (χ2n) is 5.61. The molecule has 23 heavy (non-hydrogen) atoms. The second kappa shape index (κ2) is 6.20. The third-order valence-electron chi connectivity index (χ3n) is 4.08. The Morgan fingerprint density at radius 1 is 1.30 bits per heavy atom. The predicted molar refractivity (Wildman–Crippen MR) is 79.9 cm³/mol. The van der Waals surface area contributed by atoms with Crippen LogP contribution in [0.5, 0.6) is 0 Å². The Labute approximate surface area is 132 Å². The molecule has 0 spiro atoms. The van der Waals surface area contributed by atoms with Gasteiger partial charge in [-0.1, -0.05) is 24.2 Å². The summed E-state index contributed by atoms with van der Waals surface area (Å²) in [5, 5.41) is 8.53. The van der Waals surface area contributed by atoms with Crippen molar-refractivity contribution in [2.75, 3.05) is 5.32 Å². The van der Waals surface area contributed by atoms with Crippen LogP contribution in [0, 0.1) is 11.7 Å². The molecule has 120 valence electrons. The van der Waals surface area contributed by atoms with E-state index in [0.717, 1.165) is 12.0 Å². The summed E-state index contributed by atoms with van der Waals surface area (Å²) in [5.74, 6) is -1.64. The number of nitrogens with zero attached hydrogens (tertiary/aromatic N) is 1. The number of fused-ring (bicyclic) bond motifs is 1. The number of aromatic nitrogens is 1. The lowest BCUT2D eigenvalue weighted by Gasteiger charge is -2.32. The zero-order chi connectivity index (χ0) is 16.4. The second-order valence-corrected chi connectivity index (χ2v) is 5.61. The summed E-state index contributed by atoms with van der Waals surface area (Å²) in [4.78, 5) is 24.0. The van der Waals surface area contributed by atoms with E-state index < -0.39 is 17.9 Å². The largest absolute Gasteiger partial charge is 0.363 e. The van der Waals surface area contributed by atoms with E-state index in [1.807, 2.05) is 6.92 Å². The Bertz CT molecular complexity index is 730. The molecule has 1 aromatic carbocycles. The van der Waals surface area contributed by atoms with E-state index >= 15 is 0 Å². The lowest BCUT2D eigenvalue weighted by molar-refractivity contribution is -0.137. The number of rotatable bonds is 2. The molecule has 0 saturated heterocycles. The number of amides is 2. The molecule has 0 saturated carbocycles. The molecule has 0 radical (unpaired) electrons. The van der Waals surface area contributed by atoms with Crippen LogP contribution in [-0.4, -0.2) is 17.0 Å². The van der Waals surface area contributed by atoms with Crippen LogP contribution < -0.4 is 10.6 Å². The van der Waals surface area contributed by atoms with Crippen LogP contribution in [0.1, 0.15) is 30.5 Å². The number of hydrogen-bond donors (Lipinski definition) is 2. The van der Waals surface area contributed by atoms with Gasteiger partial charge in [-0.15, -0.1) is 0 Å². The number of benzene rings is 1. The van der Waals surface area contributed by atoms with Crippen LogP contribution in [0.25, 0.3) is 0 Å². The maximum Gasteiger partial charge on any atom is 0.314 e. The van der Waals surface area contributed by atoms with Crippen molar-refractivity contribution in [1.29, 1.82) is 0 Å². The normalized spacial score (nSPS) is 19.7. The number of halogens is 1. The van der Waals surface area contributed by atoms with Crippen molar-refractivity contribution in [2.45, 2.75) is 25.8 Å². The van der Waals surface area contributed by atoms with E-state index in [-0.39, 0.29) is 17.6 Å². The van der Waals surface area contributed by atoms with Gasteiger partial charge in [-0.25, -0.2) is 4.39 Å². The van der Waals surface area contributed by atoms with Gasteiger partial charge in [-0.2, -0.15) is 0 Å². The Balaban J connectivity index is 1.75. The van der Waals surface area contributed by atoms with E-state index in [1.54, 1.807) is 12.1 Å². The molecule has 2 amide bonds. The molecule has 2 aromatic rings. The molecule has 1 aromatic heterocycles. The molecule has 0 fully saturated rings. The van der Waals surface area contributed by atoms with Gasteiger partial charge in [0.15, 0.2) is 5.82 Å². The van der Waals surface area contributed by atoms with Gasteiger partial charge in [0, 0.05) is 6.07 Å². The summed E-state index contributed by atoms with van der Waals surface area (Å²) in [7, 11) is 0. The highest BCUT2D eigenvalue weighted by molar-refractivity contribution is 6.39. The summed E-state index contributed by atoms with van der Waals surface area (Å²) in [6.07, 6.45) is 2.65. The Hall–Kier alpha value is -2.70. The molecule has 2 atom stereocenters. The van der Waals surface area contributed by atoms with Crippen LogP contribution in [-0.2, 0) is 16.0 Å². The third kappa shape index (κ3) is 3.08. The maximum absolute atomic E-state index is 13.9. The molecular formula is C16H16FN3O3. The zero-order valence-electron chi connectivity index (χ0n) is 12.5. The molecule has 1 heterocycles. The Morgan fingerprint density at radius 2 is 2.13 bits per heavy atom. The number of carbonyl (C=O) groups excluding carboxylic acids is 2. The SMILES string of the molecule is CC1CCc2c(F)cccc2C1NC(=O)C(=O)Nc1ccon1. The van der Waals surface area contributed by atoms with Crippen LogP contribution >= 0.6 is 0 Å². The van der Waals surface area contributed by atoms with Gasteiger partial charge >= 0.3 is 11.8 Å². The first kappa shape index (κ1) is 15.2. The van der Waals surface area contributed by atoms with E-state index in [0.29, 0.717) is 12.0 Å². The first-order chi connectivity index (χ1) is 11.1. The van der Waals surface area contributed by atoms with E-state index in [2.05, 4.69) is 20.3 Å². The summed E-state index contributed by atoms with van der Waals surface area (Å²) >= 11 is 0. The summed E-state index contributed by atoms with van der Waals surface area (Å²) in [5.41, 5.74) is 1.33. The van der Waals surface area contributed by atoms with Crippen LogP contribution in [0.4, 0.5) is 10.2 Å². The molecule has 7 heteroatoms. The van der Waals surface area contributed by atoms with Crippen molar-refractivity contribution in [1.82, 2.24) is 10.5 Å². The Morgan fingerprint density at radius 3 is 2.87 bits per heavy atom. The standard InChI is InChI=1S/C16H16FN3O3/c1-9-5-6-10-11(3-2-4-12(10)17)14(9)19-16(22)15(21)18-13-7-8-23-20-13/h2-4,7-9,14H,5-6H2,1H3,(H,19,22)(H,18,20,21). The minimum Gasteiger partial charge on any atom is -0.363 e. The lowest BCUT2D eigenvalue weighted by atomic mass is 9.80. The fourth-order valence-electron chi connectivity index (χ4n) is 2.85. The molecule has 1 aliphatic rings.